The summed E-state index contributed by atoms with van der Waals surface area (Å²) in [4.78, 5) is 42.9. The fraction of sp³-hybridized carbons (Fsp3) is 0.762. The third kappa shape index (κ3) is 8.34. The van der Waals surface area contributed by atoms with E-state index in [1.54, 1.807) is 11.8 Å². The molecule has 0 radical (unpaired) electrons. The number of benzene rings is 1. The summed E-state index contributed by atoms with van der Waals surface area (Å²) >= 11 is 0. The minimum absolute atomic E-state index is 0.0110. The van der Waals surface area contributed by atoms with Crippen LogP contribution in [0.15, 0.2) is 28.3 Å². The minimum atomic E-state index is -1.14. The molecular weight excluding hydrogens is 763 g/mol. The third-order valence-corrected chi connectivity index (χ3v) is 13.4. The number of carbonyl (C=O) groups excluding carboxylic acids is 2. The molecule has 5 aliphatic heterocycles. The molecule has 4 fully saturated rings. The van der Waals surface area contributed by atoms with E-state index in [9.17, 15) is 14.7 Å². The molecule has 4 bridgehead atoms. The number of aromatic amines is 1. The van der Waals surface area contributed by atoms with Crippen molar-refractivity contribution in [3.63, 3.8) is 0 Å². The number of para-hydroxylation sites is 1. The van der Waals surface area contributed by atoms with Gasteiger partial charge in [-0.3, -0.25) is 14.7 Å². The molecule has 1 aromatic carbocycles. The molecule has 17 nitrogen and oxygen atoms in total. The number of cyclic esters (lactones) is 1. The number of nitrogens with one attached hydrogen (secondary N) is 1. The molecule has 326 valence electrons. The molecule has 14 atom stereocenters. The SMILES string of the molecule is CC[C@H]1OC(=O)[C@H](C)[C@H]2OC/C(=N\OCc3cccc4n[nH]nc34)CO[C@](C)(C[C@@H](C)C3=NCCN4C(=O)O[C@@]1(C)[C@H]4[C@H]3C)[C@H](O[C@H]1O[C@@H](C)C[C@@H](N(C)C)[C@@H]1O)[C@H]2C. The van der Waals surface area contributed by atoms with Crippen LogP contribution < -0.4 is 0 Å². The van der Waals surface area contributed by atoms with E-state index in [1.165, 1.54) is 0 Å². The predicted octanol–water partition coefficient (Wildman–Crippen LogP) is 4.12. The van der Waals surface area contributed by atoms with Crippen molar-refractivity contribution in [2.45, 2.75) is 141 Å². The Morgan fingerprint density at radius 2 is 1.86 bits per heavy atom. The van der Waals surface area contributed by atoms with Crippen molar-refractivity contribution < 1.29 is 48.0 Å². The van der Waals surface area contributed by atoms with Crippen LogP contribution in [0.2, 0.25) is 0 Å². The highest BCUT2D eigenvalue weighted by atomic mass is 16.7. The zero-order chi connectivity index (χ0) is 42.4. The van der Waals surface area contributed by atoms with Crippen LogP contribution in [0.5, 0.6) is 0 Å². The van der Waals surface area contributed by atoms with Crippen molar-refractivity contribution in [3.05, 3.63) is 23.8 Å². The highest BCUT2D eigenvalue weighted by Crippen LogP contribution is 2.45. The fourth-order valence-electron chi connectivity index (χ4n) is 10.5. The molecule has 0 aliphatic carbocycles. The van der Waals surface area contributed by atoms with Crippen LogP contribution in [-0.2, 0) is 44.7 Å². The first-order chi connectivity index (χ1) is 28.1. The monoisotopic (exact) mass is 825 g/mol. The van der Waals surface area contributed by atoms with E-state index in [-0.39, 0.29) is 43.8 Å². The number of esters is 1. The summed E-state index contributed by atoms with van der Waals surface area (Å²) in [6.07, 6.45) is -3.50. The van der Waals surface area contributed by atoms with Crippen molar-refractivity contribution in [3.8, 4) is 0 Å². The van der Waals surface area contributed by atoms with Gasteiger partial charge in [0.2, 0.25) is 0 Å². The van der Waals surface area contributed by atoms with E-state index in [1.807, 2.05) is 71.8 Å². The molecule has 4 saturated heterocycles. The predicted molar refractivity (Wildman–Crippen MR) is 217 cm³/mol. The number of amides is 1. The van der Waals surface area contributed by atoms with Gasteiger partial charge in [0.25, 0.3) is 0 Å². The normalized spacial score (nSPS) is 40.4. The fourth-order valence-corrected chi connectivity index (χ4v) is 10.5. The summed E-state index contributed by atoms with van der Waals surface area (Å²) in [6.45, 7) is 16.6. The number of aromatic nitrogens is 3. The number of carbonyl (C=O) groups is 2. The van der Waals surface area contributed by atoms with E-state index >= 15 is 0 Å². The van der Waals surface area contributed by atoms with Crippen LogP contribution in [0, 0.1) is 23.7 Å². The van der Waals surface area contributed by atoms with Gasteiger partial charge in [-0.25, -0.2) is 4.79 Å². The lowest BCUT2D eigenvalue weighted by Gasteiger charge is -2.48. The molecule has 0 spiro atoms. The van der Waals surface area contributed by atoms with Gasteiger partial charge in [0.05, 0.1) is 55.6 Å². The van der Waals surface area contributed by atoms with E-state index < -0.39 is 71.8 Å². The number of aliphatic imine (C=N–C) groups is 1. The number of fused-ring (bicyclic) bond motifs is 5. The molecule has 1 aromatic heterocycles. The molecular formula is C42H63N7O10. The average Bonchev–Trinajstić information content (AvgIpc) is 3.73. The van der Waals surface area contributed by atoms with Crippen LogP contribution in [-0.4, -0.2) is 154 Å². The highest BCUT2D eigenvalue weighted by Gasteiger charge is 2.60. The molecule has 1 amide bonds. The number of likely N-dealkylation sites (N-methyl/N-ethyl adjacent to an activating group) is 1. The quantitative estimate of drug-likeness (QED) is 0.300. The van der Waals surface area contributed by atoms with Crippen molar-refractivity contribution in [1.82, 2.24) is 25.2 Å². The van der Waals surface area contributed by atoms with Gasteiger partial charge in [0, 0.05) is 35.7 Å². The number of ether oxygens (including phenoxy) is 6. The summed E-state index contributed by atoms with van der Waals surface area (Å²) in [5.74, 6) is -2.29. The van der Waals surface area contributed by atoms with Gasteiger partial charge >= 0.3 is 12.1 Å². The van der Waals surface area contributed by atoms with E-state index in [0.29, 0.717) is 49.1 Å². The van der Waals surface area contributed by atoms with Crippen LogP contribution >= 0.6 is 0 Å². The van der Waals surface area contributed by atoms with E-state index in [2.05, 4.69) is 34.4 Å². The smallest absolute Gasteiger partial charge is 0.410 e. The standard InChI is InChI=1S/C42H63N7O10/c1-11-31-42(8)36-24(4)32(43-15-16-49(36)40(52)59-42)22(2)18-41(7)37(58-39-34(50)30(48(9)10)17-23(3)56-39)25(5)35(26(6)38(51)57-31)53-20-28(21-54-41)46-55-19-27-13-12-14-29-33(27)45-47-44-29/h12-14,22-26,30-31,34-37,39,50H,11,15-21H2,1-10H3,(H,44,45,47)/b46-28+/t22-,23+,24+,25+,26-,30-,31-,34+,35+,36-,37-,39-,41-,42-/m1/s1. The zero-order valence-corrected chi connectivity index (χ0v) is 36.1. The first-order valence-corrected chi connectivity index (χ1v) is 21.2. The number of H-pyrrole nitrogens is 1. The largest absolute Gasteiger partial charge is 0.458 e. The molecule has 2 N–H and O–H groups in total. The number of hydrogen-bond donors (Lipinski definition) is 2. The molecule has 5 aliphatic rings. The Kier molecular flexibility index (Phi) is 12.7. The van der Waals surface area contributed by atoms with E-state index in [0.717, 1.165) is 11.3 Å². The van der Waals surface area contributed by atoms with Gasteiger partial charge in [-0.2, -0.15) is 15.4 Å². The van der Waals surface area contributed by atoms with Gasteiger partial charge in [0.15, 0.2) is 11.9 Å². The second kappa shape index (κ2) is 17.3. The number of aliphatic hydroxyl groups is 1. The lowest BCUT2D eigenvalue weighted by Crippen LogP contribution is -2.60. The molecule has 2 aromatic rings. The second-order valence-corrected chi connectivity index (χ2v) is 17.9. The number of nitrogens with zero attached hydrogens (tertiary/aromatic N) is 6. The van der Waals surface area contributed by atoms with Gasteiger partial charge in [-0.05, 0) is 73.0 Å². The number of hydrogen-bond acceptors (Lipinski definition) is 15. The molecule has 7 rings (SSSR count). The Morgan fingerprint density at radius 1 is 1.08 bits per heavy atom. The third-order valence-electron chi connectivity index (χ3n) is 13.4. The minimum Gasteiger partial charge on any atom is -0.458 e. The second-order valence-electron chi connectivity index (χ2n) is 17.9. The first-order valence-electron chi connectivity index (χ1n) is 21.2. The van der Waals surface area contributed by atoms with Crippen molar-refractivity contribution in [2.24, 2.45) is 33.8 Å². The van der Waals surface area contributed by atoms with Gasteiger partial charge in [-0.1, -0.05) is 45.0 Å². The van der Waals surface area contributed by atoms with Gasteiger partial charge < -0.3 is 43.3 Å². The van der Waals surface area contributed by atoms with Crippen molar-refractivity contribution in [1.29, 1.82) is 0 Å². The summed E-state index contributed by atoms with van der Waals surface area (Å²) in [6, 6.07) is 4.98. The maximum atomic E-state index is 14.5. The average molecular weight is 826 g/mol. The van der Waals surface area contributed by atoms with Gasteiger partial charge in [-0.15, -0.1) is 0 Å². The van der Waals surface area contributed by atoms with Crippen LogP contribution in [0.25, 0.3) is 11.0 Å². The molecule has 6 heterocycles. The van der Waals surface area contributed by atoms with E-state index in [4.69, 9.17) is 38.3 Å². The summed E-state index contributed by atoms with van der Waals surface area (Å²) in [7, 11) is 3.87. The van der Waals surface area contributed by atoms with Crippen LogP contribution in [0.1, 0.15) is 80.2 Å². The topological polar surface area (TPSA) is 192 Å². The van der Waals surface area contributed by atoms with Crippen molar-refractivity contribution in [2.75, 3.05) is 40.4 Å². The Hall–Kier alpha value is -3.74. The molecule has 17 heteroatoms. The lowest BCUT2D eigenvalue weighted by molar-refractivity contribution is -0.302. The lowest BCUT2D eigenvalue weighted by atomic mass is 9.72. The Labute approximate surface area is 346 Å². The number of aliphatic hydroxyl groups excluding tert-OH is 1. The Bertz CT molecular complexity index is 1890. The van der Waals surface area contributed by atoms with Gasteiger partial charge in [0.1, 0.15) is 35.6 Å². The molecule has 0 saturated carbocycles. The summed E-state index contributed by atoms with van der Waals surface area (Å²) in [5, 5.41) is 27.4. The van der Waals surface area contributed by atoms with Crippen LogP contribution in [0.3, 0.4) is 0 Å². The number of rotatable bonds is 7. The molecule has 0 unspecified atom stereocenters. The summed E-state index contributed by atoms with van der Waals surface area (Å²) in [5.41, 5.74) is 1.33. The maximum Gasteiger partial charge on any atom is 0.410 e. The number of oxime groups is 1. The highest BCUT2D eigenvalue weighted by molar-refractivity contribution is 5.91. The molecule has 59 heavy (non-hydrogen) atoms. The summed E-state index contributed by atoms with van der Waals surface area (Å²) < 4.78 is 39.8. The Balaban J connectivity index is 1.31. The Morgan fingerprint density at radius 3 is 2.61 bits per heavy atom. The maximum absolute atomic E-state index is 14.5. The van der Waals surface area contributed by atoms with Crippen molar-refractivity contribution >= 4 is 34.5 Å². The zero-order valence-electron chi connectivity index (χ0n) is 36.1. The first kappa shape index (κ1) is 43.4. The van der Waals surface area contributed by atoms with Crippen LogP contribution in [0.4, 0.5) is 4.79 Å².